The van der Waals surface area contributed by atoms with Gasteiger partial charge in [0, 0.05) is 10.0 Å². The summed E-state index contributed by atoms with van der Waals surface area (Å²) in [4.78, 5) is 0. The first-order valence-corrected chi connectivity index (χ1v) is 6.41. The summed E-state index contributed by atoms with van der Waals surface area (Å²) in [6.07, 6.45) is -8.60. The number of benzene rings is 2. The summed E-state index contributed by atoms with van der Waals surface area (Å²) in [7, 11) is 0. The van der Waals surface area contributed by atoms with Gasteiger partial charge in [0.15, 0.2) is 0 Å². The van der Waals surface area contributed by atoms with E-state index < -0.39 is 23.5 Å². The minimum absolute atomic E-state index is 0.0971. The van der Waals surface area contributed by atoms with E-state index in [2.05, 4.69) is 0 Å². The standard InChI is InChI=1S/2C7H4ClF3/c2*8-6-3-1-2-5(4-6)7(9,10)11/h2*1-4H. The average Bonchev–Trinajstić information content (AvgIpc) is 2.37. The highest BCUT2D eigenvalue weighted by Crippen LogP contribution is 2.31. The van der Waals surface area contributed by atoms with Crippen molar-refractivity contribution in [2.75, 3.05) is 0 Å². The molecule has 0 aliphatic rings. The van der Waals surface area contributed by atoms with Crippen molar-refractivity contribution in [3.05, 3.63) is 69.7 Å². The molecule has 0 amide bonds. The molecule has 0 aliphatic carbocycles. The van der Waals surface area contributed by atoms with Crippen LogP contribution in [-0.4, -0.2) is 0 Å². The SMILES string of the molecule is FC(F)(F)c1cccc(Cl)c1.FC(F)(F)c1cccc(Cl)c1. The second-order valence-corrected chi connectivity index (χ2v) is 4.89. The summed E-state index contributed by atoms with van der Waals surface area (Å²) < 4.78 is 71.5. The third-order valence-electron chi connectivity index (χ3n) is 2.30. The molecule has 2 rings (SSSR count). The van der Waals surface area contributed by atoms with Gasteiger partial charge in [0.1, 0.15) is 0 Å². The van der Waals surface area contributed by atoms with Crippen molar-refractivity contribution in [1.29, 1.82) is 0 Å². The first-order valence-electron chi connectivity index (χ1n) is 5.65. The van der Waals surface area contributed by atoms with E-state index in [1.807, 2.05) is 0 Å². The van der Waals surface area contributed by atoms with Crippen molar-refractivity contribution in [2.45, 2.75) is 12.4 Å². The zero-order valence-corrected chi connectivity index (χ0v) is 12.2. The van der Waals surface area contributed by atoms with Gasteiger partial charge in [0.05, 0.1) is 11.1 Å². The maximum atomic E-state index is 11.9. The molecule has 0 aliphatic heterocycles. The van der Waals surface area contributed by atoms with Gasteiger partial charge in [-0.1, -0.05) is 35.3 Å². The average molecular weight is 361 g/mol. The van der Waals surface area contributed by atoms with Crippen LogP contribution < -0.4 is 0 Å². The Morgan fingerprint density at radius 3 is 1.09 bits per heavy atom. The van der Waals surface area contributed by atoms with Gasteiger partial charge in [0.2, 0.25) is 0 Å². The molecule has 0 atom stereocenters. The van der Waals surface area contributed by atoms with Crippen molar-refractivity contribution < 1.29 is 26.3 Å². The molecule has 120 valence electrons. The van der Waals surface area contributed by atoms with Gasteiger partial charge >= 0.3 is 12.4 Å². The molecule has 2 aromatic carbocycles. The molecule has 2 aromatic rings. The minimum atomic E-state index is -4.30. The Hall–Kier alpha value is -1.40. The van der Waals surface area contributed by atoms with Gasteiger partial charge in [-0.3, -0.25) is 0 Å². The highest BCUT2D eigenvalue weighted by molar-refractivity contribution is 6.30. The Morgan fingerprint density at radius 2 is 0.909 bits per heavy atom. The van der Waals surface area contributed by atoms with Crippen LogP contribution in [-0.2, 0) is 12.4 Å². The van der Waals surface area contributed by atoms with Gasteiger partial charge in [-0.15, -0.1) is 0 Å². The minimum Gasteiger partial charge on any atom is -0.166 e. The molecule has 0 bridgehead atoms. The third-order valence-corrected chi connectivity index (χ3v) is 2.77. The summed E-state index contributed by atoms with van der Waals surface area (Å²) in [5, 5.41) is 0.194. The van der Waals surface area contributed by atoms with Crippen LogP contribution >= 0.6 is 23.2 Å². The predicted octanol–water partition coefficient (Wildman–Crippen LogP) is 6.72. The predicted molar refractivity (Wildman–Crippen MR) is 72.9 cm³/mol. The van der Waals surface area contributed by atoms with E-state index in [1.165, 1.54) is 24.3 Å². The van der Waals surface area contributed by atoms with Crippen molar-refractivity contribution in [2.24, 2.45) is 0 Å². The van der Waals surface area contributed by atoms with Crippen molar-refractivity contribution in [3.63, 3.8) is 0 Å². The molecule has 0 nitrogen and oxygen atoms in total. The summed E-state index contributed by atoms with van der Waals surface area (Å²) in [5.74, 6) is 0. The second-order valence-electron chi connectivity index (χ2n) is 4.02. The fourth-order valence-electron chi connectivity index (χ4n) is 1.33. The topological polar surface area (TPSA) is 0 Å². The van der Waals surface area contributed by atoms with Crippen LogP contribution in [0.3, 0.4) is 0 Å². The fourth-order valence-corrected chi connectivity index (χ4v) is 1.71. The number of hydrogen-bond donors (Lipinski definition) is 0. The van der Waals surface area contributed by atoms with Gasteiger partial charge < -0.3 is 0 Å². The Labute approximate surface area is 132 Å². The van der Waals surface area contributed by atoms with Gasteiger partial charge in [-0.25, -0.2) is 0 Å². The highest BCUT2D eigenvalue weighted by atomic mass is 35.5. The second kappa shape index (κ2) is 7.24. The lowest BCUT2D eigenvalue weighted by atomic mass is 10.2. The van der Waals surface area contributed by atoms with E-state index in [4.69, 9.17) is 23.2 Å². The molecule has 0 unspecified atom stereocenters. The zero-order valence-electron chi connectivity index (χ0n) is 10.6. The lowest BCUT2D eigenvalue weighted by molar-refractivity contribution is -0.138. The molecule has 22 heavy (non-hydrogen) atoms. The Morgan fingerprint density at radius 1 is 0.591 bits per heavy atom. The van der Waals surface area contributed by atoms with Crippen LogP contribution in [0.25, 0.3) is 0 Å². The molecule has 8 heteroatoms. The van der Waals surface area contributed by atoms with Crippen LogP contribution in [0.5, 0.6) is 0 Å². The molecule has 0 aromatic heterocycles. The number of rotatable bonds is 0. The molecule has 0 saturated heterocycles. The normalized spacial score (nSPS) is 11.6. The number of halogens is 8. The molecule has 0 saturated carbocycles. The summed E-state index contributed by atoms with van der Waals surface area (Å²) in [6, 6.07) is 9.07. The largest absolute Gasteiger partial charge is 0.416 e. The third kappa shape index (κ3) is 6.15. The van der Waals surface area contributed by atoms with Crippen LogP contribution in [0.15, 0.2) is 48.5 Å². The van der Waals surface area contributed by atoms with Gasteiger partial charge in [-0.05, 0) is 36.4 Å². The monoisotopic (exact) mass is 360 g/mol. The van der Waals surface area contributed by atoms with Crippen molar-refractivity contribution in [3.8, 4) is 0 Å². The number of alkyl halides is 6. The molecular formula is C14H8Cl2F6. The van der Waals surface area contributed by atoms with Crippen LogP contribution in [0.4, 0.5) is 26.3 Å². The first-order chi connectivity index (χ1) is 10.00. The van der Waals surface area contributed by atoms with E-state index in [-0.39, 0.29) is 10.0 Å². The van der Waals surface area contributed by atoms with Crippen LogP contribution in [0.2, 0.25) is 10.0 Å². The molecule has 0 N–H and O–H groups in total. The number of hydrogen-bond acceptors (Lipinski definition) is 0. The van der Waals surface area contributed by atoms with E-state index in [9.17, 15) is 26.3 Å². The van der Waals surface area contributed by atoms with Crippen LogP contribution in [0.1, 0.15) is 11.1 Å². The smallest absolute Gasteiger partial charge is 0.166 e. The summed E-state index contributed by atoms with van der Waals surface area (Å²) in [6.45, 7) is 0. The van der Waals surface area contributed by atoms with E-state index in [1.54, 1.807) is 0 Å². The maximum absolute atomic E-state index is 11.9. The molecule has 0 heterocycles. The lowest BCUT2D eigenvalue weighted by Crippen LogP contribution is -2.03. The van der Waals surface area contributed by atoms with Gasteiger partial charge in [-0.2, -0.15) is 26.3 Å². The summed E-state index contributed by atoms with van der Waals surface area (Å²) >= 11 is 10.7. The van der Waals surface area contributed by atoms with Crippen molar-refractivity contribution >= 4 is 23.2 Å². The summed E-state index contributed by atoms with van der Waals surface area (Å²) in [5.41, 5.74) is -1.44. The molecule has 0 fully saturated rings. The molecular weight excluding hydrogens is 353 g/mol. The highest BCUT2D eigenvalue weighted by Gasteiger charge is 2.30. The van der Waals surface area contributed by atoms with Gasteiger partial charge in [0.25, 0.3) is 0 Å². The molecule has 0 radical (unpaired) electrons. The zero-order chi connectivity index (χ0) is 17.0. The quantitative estimate of drug-likeness (QED) is 0.457. The maximum Gasteiger partial charge on any atom is 0.416 e. The van der Waals surface area contributed by atoms with E-state index in [0.717, 1.165) is 24.3 Å². The first kappa shape index (κ1) is 18.6. The Balaban J connectivity index is 0.000000220. The van der Waals surface area contributed by atoms with Crippen molar-refractivity contribution in [1.82, 2.24) is 0 Å². The Kier molecular flexibility index (Phi) is 6.14. The van der Waals surface area contributed by atoms with Crippen LogP contribution in [0, 0.1) is 0 Å². The van der Waals surface area contributed by atoms with E-state index in [0.29, 0.717) is 0 Å². The lowest BCUT2D eigenvalue weighted by Gasteiger charge is -2.05. The fraction of sp³-hybridized carbons (Fsp3) is 0.143. The molecule has 0 spiro atoms. The Bertz CT molecular complexity index is 564. The van der Waals surface area contributed by atoms with E-state index >= 15 is 0 Å².